The zero-order valence-electron chi connectivity index (χ0n) is 24.2. The third-order valence-electron chi connectivity index (χ3n) is 8.61. The number of aliphatic hydroxyl groups excluding tert-OH is 4. The molecule has 10 nitrogen and oxygen atoms in total. The number of para-hydroxylation sites is 1. The Hall–Kier alpha value is -3.90. The van der Waals surface area contributed by atoms with Crippen LogP contribution >= 0.6 is 23.2 Å². The van der Waals surface area contributed by atoms with E-state index in [1.54, 1.807) is 39.8 Å². The van der Waals surface area contributed by atoms with Crippen molar-refractivity contribution in [1.82, 2.24) is 9.47 Å². The van der Waals surface area contributed by atoms with Gasteiger partial charge in [-0.25, -0.2) is 0 Å². The van der Waals surface area contributed by atoms with Crippen LogP contribution in [0.25, 0.3) is 11.1 Å². The number of hydrogen-bond donors (Lipinski definition) is 4. The molecular formula is C33H31Cl2N3O7. The van der Waals surface area contributed by atoms with E-state index in [2.05, 4.69) is 0 Å². The molecule has 4 aromatic rings. The van der Waals surface area contributed by atoms with E-state index in [1.807, 2.05) is 42.5 Å². The fourth-order valence-corrected chi connectivity index (χ4v) is 6.81. The lowest BCUT2D eigenvalue weighted by Gasteiger charge is -2.29. The second kappa shape index (κ2) is 12.5. The van der Waals surface area contributed by atoms with Crippen molar-refractivity contribution in [2.45, 2.75) is 37.4 Å². The lowest BCUT2D eigenvalue weighted by Crippen LogP contribution is -2.47. The van der Waals surface area contributed by atoms with Gasteiger partial charge < -0.3 is 39.5 Å². The average Bonchev–Trinajstić information content (AvgIpc) is 3.49. The number of ether oxygens (including phenoxy) is 1. The van der Waals surface area contributed by atoms with Gasteiger partial charge in [0.1, 0.15) is 23.7 Å². The van der Waals surface area contributed by atoms with Gasteiger partial charge in [0.25, 0.3) is 11.8 Å². The molecule has 6 rings (SSSR count). The van der Waals surface area contributed by atoms with Crippen molar-refractivity contribution in [3.63, 3.8) is 0 Å². The second-order valence-electron chi connectivity index (χ2n) is 11.0. The summed E-state index contributed by atoms with van der Waals surface area (Å²) in [4.78, 5) is 31.0. The van der Waals surface area contributed by atoms with E-state index in [-0.39, 0.29) is 30.3 Å². The quantitative estimate of drug-likeness (QED) is 0.250. The number of aliphatic hydroxyl groups is 4. The Balaban J connectivity index is 1.40. The number of rotatable bonds is 6. The molecule has 45 heavy (non-hydrogen) atoms. The summed E-state index contributed by atoms with van der Waals surface area (Å²) in [6, 6.07) is 19.0. The average molecular weight is 653 g/mol. The highest BCUT2D eigenvalue weighted by Gasteiger charge is 2.50. The molecule has 3 aromatic carbocycles. The molecule has 0 radical (unpaired) electrons. The van der Waals surface area contributed by atoms with Gasteiger partial charge >= 0.3 is 0 Å². The number of benzene rings is 3. The van der Waals surface area contributed by atoms with Crippen LogP contribution in [0, 0.1) is 0 Å². The Bertz CT molecular complexity index is 1760. The van der Waals surface area contributed by atoms with Crippen molar-refractivity contribution in [2.24, 2.45) is 0 Å². The minimum atomic E-state index is -1.42. The smallest absolute Gasteiger partial charge is 0.271 e. The van der Waals surface area contributed by atoms with Crippen molar-refractivity contribution in [3.8, 4) is 16.9 Å². The van der Waals surface area contributed by atoms with Crippen LogP contribution in [0.4, 0.5) is 5.69 Å². The van der Waals surface area contributed by atoms with Crippen LogP contribution < -0.4 is 9.64 Å². The van der Waals surface area contributed by atoms with Gasteiger partial charge in [-0.15, -0.1) is 0 Å². The van der Waals surface area contributed by atoms with E-state index < -0.39 is 43.4 Å². The van der Waals surface area contributed by atoms with Gasteiger partial charge in [0.2, 0.25) is 0 Å². The Morgan fingerprint density at radius 1 is 0.822 bits per heavy atom. The van der Waals surface area contributed by atoms with Gasteiger partial charge in [0.05, 0.1) is 51.1 Å². The number of amides is 2. The maximum atomic E-state index is 14.3. The zero-order valence-corrected chi connectivity index (χ0v) is 25.7. The van der Waals surface area contributed by atoms with Crippen LogP contribution in [-0.4, -0.2) is 86.3 Å². The van der Waals surface area contributed by atoms with Crippen LogP contribution in [0.15, 0.2) is 72.8 Å². The topological polar surface area (TPSA) is 136 Å². The molecule has 234 valence electrons. The molecule has 0 saturated carbocycles. The molecule has 2 aliphatic rings. The third-order valence-corrected chi connectivity index (χ3v) is 9.25. The minimum Gasteiger partial charge on any atom is -0.496 e. The molecule has 12 heteroatoms. The van der Waals surface area contributed by atoms with E-state index in [9.17, 15) is 30.0 Å². The van der Waals surface area contributed by atoms with Crippen LogP contribution in [0.2, 0.25) is 10.0 Å². The van der Waals surface area contributed by atoms with Crippen molar-refractivity contribution in [1.29, 1.82) is 0 Å². The van der Waals surface area contributed by atoms with Crippen molar-refractivity contribution in [2.75, 3.05) is 25.2 Å². The van der Waals surface area contributed by atoms with Crippen LogP contribution in [-0.2, 0) is 13.1 Å². The number of carbonyl (C=O) groups excluding carboxylic acids is 2. The van der Waals surface area contributed by atoms with E-state index in [4.69, 9.17) is 27.9 Å². The Morgan fingerprint density at radius 3 is 2.16 bits per heavy atom. The predicted octanol–water partition coefficient (Wildman–Crippen LogP) is 3.58. The van der Waals surface area contributed by atoms with E-state index >= 15 is 0 Å². The highest BCUT2D eigenvalue weighted by molar-refractivity contribution is 6.37. The Kier molecular flexibility index (Phi) is 8.62. The van der Waals surface area contributed by atoms with Crippen LogP contribution in [0.3, 0.4) is 0 Å². The summed E-state index contributed by atoms with van der Waals surface area (Å²) < 4.78 is 7.43. The predicted molar refractivity (Wildman–Crippen MR) is 169 cm³/mol. The van der Waals surface area contributed by atoms with Gasteiger partial charge in [-0.3, -0.25) is 9.59 Å². The second-order valence-corrected chi connectivity index (χ2v) is 11.8. The van der Waals surface area contributed by atoms with Gasteiger partial charge in [0, 0.05) is 32.6 Å². The first-order chi connectivity index (χ1) is 21.7. The number of halogens is 2. The van der Waals surface area contributed by atoms with Gasteiger partial charge in [-0.05, 0) is 42.0 Å². The van der Waals surface area contributed by atoms with Crippen molar-refractivity contribution >= 4 is 40.7 Å². The summed E-state index contributed by atoms with van der Waals surface area (Å²) in [7, 11) is 1.47. The first-order valence-corrected chi connectivity index (χ1v) is 15.1. The largest absolute Gasteiger partial charge is 0.496 e. The summed E-state index contributed by atoms with van der Waals surface area (Å²) in [5, 5.41) is 41.6. The number of anilines is 1. The highest BCUT2D eigenvalue weighted by atomic mass is 35.5. The zero-order chi connectivity index (χ0) is 32.0. The number of nitrogens with zero attached hydrogens (tertiary/aromatic N) is 3. The molecule has 0 aliphatic carbocycles. The van der Waals surface area contributed by atoms with E-state index in [0.29, 0.717) is 38.3 Å². The van der Waals surface area contributed by atoms with E-state index in [1.165, 1.54) is 7.11 Å². The Morgan fingerprint density at radius 2 is 1.49 bits per heavy atom. The molecule has 0 unspecified atom stereocenters. The monoisotopic (exact) mass is 651 g/mol. The lowest BCUT2D eigenvalue weighted by molar-refractivity contribution is 0.0130. The summed E-state index contributed by atoms with van der Waals surface area (Å²) in [6.07, 6.45) is -2.84. The molecule has 1 fully saturated rings. The van der Waals surface area contributed by atoms with Crippen LogP contribution in [0.5, 0.6) is 5.75 Å². The number of likely N-dealkylation sites (tertiary alicyclic amines) is 1. The number of fused-ring (bicyclic) bond motifs is 2. The number of hydrogen-bond acceptors (Lipinski definition) is 7. The molecule has 2 aliphatic heterocycles. The molecule has 4 atom stereocenters. The third kappa shape index (κ3) is 5.27. The normalized spacial score (nSPS) is 20.9. The number of methoxy groups -OCH3 is 1. The van der Waals surface area contributed by atoms with Gasteiger partial charge in [0.15, 0.2) is 0 Å². The molecular weight excluding hydrogens is 621 g/mol. The maximum Gasteiger partial charge on any atom is 0.271 e. The van der Waals surface area contributed by atoms with Crippen molar-refractivity contribution in [3.05, 3.63) is 105 Å². The fraction of sp³-hybridized carbons (Fsp3) is 0.273. The number of aromatic nitrogens is 1. The standard InChI is InChI=1S/C33H31Cl2N3O7/c1-45-29-13-21(20-7-3-4-8-23(20)34)24(35)12-22(29)32(43)37-15-19-10-11-26(36(19)14-18-6-2-5-9-25(18)37)33(44)38-27(16-39)30(41)31(42)28(38)17-40/h2-13,27-28,30-31,39-42H,14-17H2,1H3/t27-,28-,30+,31+/m0/s1. The summed E-state index contributed by atoms with van der Waals surface area (Å²) in [5.74, 6) is -0.639. The van der Waals surface area contributed by atoms with Crippen molar-refractivity contribution < 1.29 is 34.8 Å². The summed E-state index contributed by atoms with van der Waals surface area (Å²) >= 11 is 13.2. The minimum absolute atomic E-state index is 0.0915. The molecule has 3 heterocycles. The first kappa shape index (κ1) is 31.1. The van der Waals surface area contributed by atoms with Gasteiger partial charge in [-0.2, -0.15) is 0 Å². The molecule has 1 saturated heterocycles. The van der Waals surface area contributed by atoms with E-state index in [0.717, 1.165) is 10.5 Å². The first-order valence-electron chi connectivity index (χ1n) is 14.3. The fourth-order valence-electron chi connectivity index (χ4n) is 6.30. The number of carbonyl (C=O) groups is 2. The molecule has 1 aromatic heterocycles. The summed E-state index contributed by atoms with van der Waals surface area (Å²) in [5.41, 5.74) is 3.79. The molecule has 4 N–H and O–H groups in total. The van der Waals surface area contributed by atoms with Crippen LogP contribution in [0.1, 0.15) is 32.1 Å². The molecule has 2 amide bonds. The maximum absolute atomic E-state index is 14.3. The Labute approximate surface area is 269 Å². The molecule has 0 bridgehead atoms. The van der Waals surface area contributed by atoms with Gasteiger partial charge in [-0.1, -0.05) is 59.6 Å². The molecule has 0 spiro atoms. The lowest BCUT2D eigenvalue weighted by atomic mass is 10.0. The SMILES string of the molecule is COc1cc(-c2ccccc2Cl)c(Cl)cc1C(=O)N1Cc2ccc(C(=O)N3[C@@H](CO)[C@@H](O)[C@H](O)[C@@H]3CO)n2Cc2ccccc21. The highest BCUT2D eigenvalue weighted by Crippen LogP contribution is 2.39. The summed E-state index contributed by atoms with van der Waals surface area (Å²) in [6.45, 7) is -0.870.